The fourth-order valence-corrected chi connectivity index (χ4v) is 1.48. The highest BCUT2D eigenvalue weighted by atomic mass is 16.4. The Labute approximate surface area is 89.0 Å². The molecule has 1 fully saturated rings. The third-order valence-electron chi connectivity index (χ3n) is 3.08. The van der Waals surface area contributed by atoms with E-state index < -0.39 is 17.3 Å². The smallest absolute Gasteiger partial charge is 0.308 e. The van der Waals surface area contributed by atoms with Gasteiger partial charge in [-0.2, -0.15) is 0 Å². The van der Waals surface area contributed by atoms with Crippen LogP contribution in [0.1, 0.15) is 26.2 Å². The third kappa shape index (κ3) is 2.68. The van der Waals surface area contributed by atoms with Crippen LogP contribution < -0.4 is 11.1 Å². The molecule has 1 amide bonds. The molecule has 0 heterocycles. The van der Waals surface area contributed by atoms with Gasteiger partial charge in [-0.3, -0.25) is 9.59 Å². The summed E-state index contributed by atoms with van der Waals surface area (Å²) in [6.07, 6.45) is 2.16. The van der Waals surface area contributed by atoms with Gasteiger partial charge in [0.25, 0.3) is 0 Å². The van der Waals surface area contributed by atoms with Gasteiger partial charge in [-0.25, -0.2) is 0 Å². The molecule has 1 atom stereocenters. The zero-order valence-electron chi connectivity index (χ0n) is 8.95. The minimum atomic E-state index is -0.865. The van der Waals surface area contributed by atoms with Crippen molar-refractivity contribution < 1.29 is 14.7 Å². The van der Waals surface area contributed by atoms with Crippen LogP contribution in [0.5, 0.6) is 0 Å². The summed E-state index contributed by atoms with van der Waals surface area (Å²) in [5.74, 6) is -1.46. The molecule has 1 saturated carbocycles. The van der Waals surface area contributed by atoms with Crippen LogP contribution in [0.3, 0.4) is 0 Å². The molecule has 1 aliphatic rings. The van der Waals surface area contributed by atoms with Gasteiger partial charge >= 0.3 is 5.97 Å². The summed E-state index contributed by atoms with van der Waals surface area (Å²) in [5.41, 5.74) is 5.10. The summed E-state index contributed by atoms with van der Waals surface area (Å²) >= 11 is 0. The van der Waals surface area contributed by atoms with Crippen LogP contribution in [0, 0.1) is 11.3 Å². The molecule has 0 aromatic rings. The molecule has 0 bridgehead atoms. The molecule has 0 radical (unpaired) electrons. The van der Waals surface area contributed by atoms with Crippen LogP contribution in [0.4, 0.5) is 0 Å². The maximum absolute atomic E-state index is 11.6. The van der Waals surface area contributed by atoms with Crippen LogP contribution in [-0.4, -0.2) is 30.1 Å². The number of hydrogen-bond acceptors (Lipinski definition) is 3. The Morgan fingerprint density at radius 3 is 2.47 bits per heavy atom. The van der Waals surface area contributed by atoms with Crippen LogP contribution in [0.15, 0.2) is 0 Å². The summed E-state index contributed by atoms with van der Waals surface area (Å²) in [4.78, 5) is 22.3. The van der Waals surface area contributed by atoms with E-state index in [1.165, 1.54) is 0 Å². The summed E-state index contributed by atoms with van der Waals surface area (Å²) in [7, 11) is 0. The topological polar surface area (TPSA) is 92.4 Å². The Morgan fingerprint density at radius 2 is 2.13 bits per heavy atom. The Kier molecular flexibility index (Phi) is 3.68. The highest BCUT2D eigenvalue weighted by Crippen LogP contribution is 2.44. The molecule has 15 heavy (non-hydrogen) atoms. The van der Waals surface area contributed by atoms with Gasteiger partial charge in [-0.15, -0.1) is 0 Å². The first-order valence-corrected chi connectivity index (χ1v) is 5.27. The van der Waals surface area contributed by atoms with E-state index in [2.05, 4.69) is 5.32 Å². The van der Waals surface area contributed by atoms with E-state index in [-0.39, 0.29) is 12.5 Å². The first-order chi connectivity index (χ1) is 7.05. The fourth-order valence-electron chi connectivity index (χ4n) is 1.48. The average Bonchev–Trinajstić information content (AvgIpc) is 2.98. The number of carboxylic acid groups (broad SMARTS) is 1. The second-order valence-electron chi connectivity index (χ2n) is 4.14. The van der Waals surface area contributed by atoms with E-state index in [0.29, 0.717) is 13.0 Å². The lowest BCUT2D eigenvalue weighted by molar-refractivity contribution is -0.141. The van der Waals surface area contributed by atoms with E-state index in [1.807, 2.05) is 0 Å². The quantitative estimate of drug-likeness (QED) is 0.578. The van der Waals surface area contributed by atoms with Gasteiger partial charge in [0.05, 0.1) is 11.3 Å². The van der Waals surface area contributed by atoms with Crippen molar-refractivity contribution in [1.29, 1.82) is 0 Å². The number of amides is 1. The molecular weight excluding hydrogens is 196 g/mol. The lowest BCUT2D eigenvalue weighted by atomic mass is 10.0. The van der Waals surface area contributed by atoms with E-state index in [1.54, 1.807) is 6.92 Å². The molecule has 0 saturated heterocycles. The van der Waals surface area contributed by atoms with Gasteiger partial charge < -0.3 is 16.2 Å². The Bertz CT molecular complexity index is 261. The zero-order chi connectivity index (χ0) is 11.5. The van der Waals surface area contributed by atoms with Crippen molar-refractivity contribution in [1.82, 2.24) is 5.32 Å². The number of hydrogen-bond donors (Lipinski definition) is 3. The van der Waals surface area contributed by atoms with Gasteiger partial charge in [0.1, 0.15) is 0 Å². The van der Waals surface area contributed by atoms with Gasteiger partial charge in [-0.1, -0.05) is 6.92 Å². The molecule has 5 nitrogen and oxygen atoms in total. The van der Waals surface area contributed by atoms with Crippen LogP contribution in [0.2, 0.25) is 0 Å². The molecule has 1 unspecified atom stereocenters. The second kappa shape index (κ2) is 4.61. The monoisotopic (exact) mass is 214 g/mol. The minimum Gasteiger partial charge on any atom is -0.481 e. The van der Waals surface area contributed by atoms with Crippen LogP contribution in [-0.2, 0) is 9.59 Å². The fraction of sp³-hybridized carbons (Fsp3) is 0.800. The first kappa shape index (κ1) is 12.0. The highest BCUT2D eigenvalue weighted by Gasteiger charge is 2.48. The Hall–Kier alpha value is -1.10. The zero-order valence-corrected chi connectivity index (χ0v) is 8.95. The predicted octanol–water partition coefficient (Wildman–Crippen LogP) is -0.0477. The molecule has 0 aliphatic heterocycles. The number of carbonyl (C=O) groups excluding carboxylic acids is 1. The number of carboxylic acids is 1. The van der Waals surface area contributed by atoms with E-state index >= 15 is 0 Å². The van der Waals surface area contributed by atoms with Gasteiger partial charge in [0.2, 0.25) is 5.91 Å². The van der Waals surface area contributed by atoms with Gasteiger partial charge in [0.15, 0.2) is 0 Å². The second-order valence-corrected chi connectivity index (χ2v) is 4.14. The van der Waals surface area contributed by atoms with Gasteiger partial charge in [-0.05, 0) is 19.3 Å². The summed E-state index contributed by atoms with van der Waals surface area (Å²) in [5, 5.41) is 11.5. The molecule has 0 aromatic carbocycles. The molecule has 0 spiro atoms. The molecule has 0 aromatic heterocycles. The summed E-state index contributed by atoms with van der Waals surface area (Å²) < 4.78 is 0. The SMILES string of the molecule is CCC(CNC(=O)C1(CN)CC1)C(=O)O. The van der Waals surface area contributed by atoms with Crippen molar-refractivity contribution in [3.63, 3.8) is 0 Å². The van der Waals surface area contributed by atoms with Crippen molar-refractivity contribution in [3.8, 4) is 0 Å². The Morgan fingerprint density at radius 1 is 1.53 bits per heavy atom. The number of nitrogens with two attached hydrogens (primary N) is 1. The predicted molar refractivity (Wildman–Crippen MR) is 55.1 cm³/mol. The van der Waals surface area contributed by atoms with E-state index in [4.69, 9.17) is 10.8 Å². The van der Waals surface area contributed by atoms with Crippen LogP contribution in [0.25, 0.3) is 0 Å². The third-order valence-corrected chi connectivity index (χ3v) is 3.08. The maximum Gasteiger partial charge on any atom is 0.308 e. The minimum absolute atomic E-state index is 0.0929. The first-order valence-electron chi connectivity index (χ1n) is 5.27. The maximum atomic E-state index is 11.6. The van der Waals surface area contributed by atoms with E-state index in [0.717, 1.165) is 12.8 Å². The number of nitrogens with one attached hydrogen (secondary N) is 1. The van der Waals surface area contributed by atoms with Crippen molar-refractivity contribution >= 4 is 11.9 Å². The summed E-state index contributed by atoms with van der Waals surface area (Å²) in [6, 6.07) is 0. The number of aliphatic carboxylic acids is 1. The van der Waals surface area contributed by atoms with Crippen molar-refractivity contribution in [2.24, 2.45) is 17.1 Å². The number of rotatable bonds is 6. The number of carbonyl (C=O) groups is 2. The van der Waals surface area contributed by atoms with Crippen molar-refractivity contribution in [2.75, 3.05) is 13.1 Å². The molecular formula is C10H18N2O3. The summed E-state index contributed by atoms with van der Waals surface area (Å²) in [6.45, 7) is 2.34. The standard InChI is InChI=1S/C10H18N2O3/c1-2-7(8(13)14)5-12-9(15)10(6-11)3-4-10/h7H,2-6,11H2,1H3,(H,12,15)(H,13,14). The molecule has 4 N–H and O–H groups in total. The normalized spacial score (nSPS) is 19.3. The van der Waals surface area contributed by atoms with Crippen molar-refractivity contribution in [2.45, 2.75) is 26.2 Å². The molecule has 1 aliphatic carbocycles. The highest BCUT2D eigenvalue weighted by molar-refractivity contribution is 5.86. The largest absolute Gasteiger partial charge is 0.481 e. The Balaban J connectivity index is 2.36. The van der Waals surface area contributed by atoms with Gasteiger partial charge in [0, 0.05) is 13.1 Å². The van der Waals surface area contributed by atoms with E-state index in [9.17, 15) is 9.59 Å². The lowest BCUT2D eigenvalue weighted by Crippen LogP contribution is -2.40. The molecule has 1 rings (SSSR count). The molecule has 86 valence electrons. The van der Waals surface area contributed by atoms with Crippen LogP contribution >= 0.6 is 0 Å². The van der Waals surface area contributed by atoms with Crippen molar-refractivity contribution in [3.05, 3.63) is 0 Å². The lowest BCUT2D eigenvalue weighted by Gasteiger charge is -2.15. The average molecular weight is 214 g/mol. The molecule has 5 heteroatoms.